The Bertz CT molecular complexity index is 388. The molecule has 0 aliphatic heterocycles. The Balaban J connectivity index is 3.00. The molecule has 0 bridgehead atoms. The third-order valence-electron chi connectivity index (χ3n) is 1.58. The van der Waals surface area contributed by atoms with Crippen LogP contribution in [-0.4, -0.2) is 11.3 Å². The average Bonchev–Trinajstić information content (AvgIpc) is 2.68. The van der Waals surface area contributed by atoms with Crippen LogP contribution in [0.4, 0.5) is 0 Å². The molecule has 3 heteroatoms. The molecule has 72 valence electrons. The quantitative estimate of drug-likeness (QED) is 0.558. The molecule has 14 heavy (non-hydrogen) atoms. The predicted octanol–water partition coefficient (Wildman–Crippen LogP) is 3.10. The molecule has 0 spiro atoms. The summed E-state index contributed by atoms with van der Waals surface area (Å²) in [5, 5.41) is 2.55. The van der Waals surface area contributed by atoms with Gasteiger partial charge in [-0.3, -0.25) is 4.79 Å². The molecule has 1 aromatic heterocycles. The van der Waals surface area contributed by atoms with Crippen LogP contribution in [0.5, 0.6) is 0 Å². The summed E-state index contributed by atoms with van der Waals surface area (Å²) in [7, 11) is 0. The Hall–Kier alpha value is -1.48. The van der Waals surface area contributed by atoms with Crippen molar-refractivity contribution in [2.75, 3.05) is 0 Å². The average molecular weight is 205 g/mol. The molecule has 1 rings (SSSR count). The molecular formula is C11H11NOS. The van der Waals surface area contributed by atoms with Gasteiger partial charge in [-0.25, -0.2) is 4.98 Å². The minimum Gasteiger partial charge on any atom is -0.296 e. The fourth-order valence-electron chi connectivity index (χ4n) is 0.899. The van der Waals surface area contributed by atoms with Gasteiger partial charge in [-0.15, -0.1) is 11.3 Å². The van der Waals surface area contributed by atoms with E-state index in [0.717, 1.165) is 16.9 Å². The monoisotopic (exact) mass is 205 g/mol. The summed E-state index contributed by atoms with van der Waals surface area (Å²) in [6, 6.07) is 0. The van der Waals surface area contributed by atoms with E-state index in [1.54, 1.807) is 11.5 Å². The zero-order valence-corrected chi connectivity index (χ0v) is 8.75. The summed E-state index contributed by atoms with van der Waals surface area (Å²) in [6.07, 6.45) is 8.24. The van der Waals surface area contributed by atoms with Crippen molar-refractivity contribution in [1.29, 1.82) is 0 Å². The van der Waals surface area contributed by atoms with Crippen LogP contribution in [0.25, 0.3) is 5.57 Å². The third kappa shape index (κ3) is 2.50. The lowest BCUT2D eigenvalue weighted by Crippen LogP contribution is -1.81. The second kappa shape index (κ2) is 5.29. The van der Waals surface area contributed by atoms with Gasteiger partial charge >= 0.3 is 0 Å². The van der Waals surface area contributed by atoms with Crippen LogP contribution in [0.15, 0.2) is 36.3 Å². The molecule has 0 N–H and O–H groups in total. The molecule has 0 aliphatic carbocycles. The van der Waals surface area contributed by atoms with Crippen molar-refractivity contribution >= 4 is 23.2 Å². The first-order valence-corrected chi connectivity index (χ1v) is 5.06. The Morgan fingerprint density at radius 1 is 1.64 bits per heavy atom. The predicted molar refractivity (Wildman–Crippen MR) is 60.5 cm³/mol. The van der Waals surface area contributed by atoms with E-state index in [0.29, 0.717) is 5.69 Å². The number of aldehydes is 1. The second-order valence-electron chi connectivity index (χ2n) is 2.55. The zero-order chi connectivity index (χ0) is 10.4. The van der Waals surface area contributed by atoms with E-state index < -0.39 is 0 Å². The molecule has 0 amide bonds. The second-order valence-corrected chi connectivity index (χ2v) is 3.41. The first kappa shape index (κ1) is 10.6. The van der Waals surface area contributed by atoms with E-state index in [-0.39, 0.29) is 0 Å². The highest BCUT2D eigenvalue weighted by atomic mass is 32.1. The van der Waals surface area contributed by atoms with Gasteiger partial charge in [0.1, 0.15) is 10.7 Å². The van der Waals surface area contributed by atoms with E-state index in [9.17, 15) is 4.79 Å². The molecule has 0 aliphatic rings. The number of allylic oxidation sites excluding steroid dienone is 5. The molecule has 0 saturated carbocycles. The topological polar surface area (TPSA) is 30.0 Å². The number of thiazole rings is 1. The third-order valence-corrected chi connectivity index (χ3v) is 2.49. The van der Waals surface area contributed by atoms with Gasteiger partial charge in [0, 0.05) is 11.0 Å². The maximum atomic E-state index is 10.4. The summed E-state index contributed by atoms with van der Waals surface area (Å²) in [5.41, 5.74) is 1.40. The minimum absolute atomic E-state index is 0.471. The SMILES string of the molecule is C=C/C(=C\C=C/C)c1nc(C=O)cs1. The van der Waals surface area contributed by atoms with E-state index in [1.807, 2.05) is 25.2 Å². The number of hydrogen-bond donors (Lipinski definition) is 0. The van der Waals surface area contributed by atoms with Crippen molar-refractivity contribution in [3.63, 3.8) is 0 Å². The first-order chi connectivity index (χ1) is 6.81. The number of carbonyl (C=O) groups is 1. The van der Waals surface area contributed by atoms with Gasteiger partial charge in [-0.1, -0.05) is 30.9 Å². The van der Waals surface area contributed by atoms with Crippen molar-refractivity contribution in [2.24, 2.45) is 0 Å². The Labute approximate surface area is 87.3 Å². The van der Waals surface area contributed by atoms with E-state index in [1.165, 1.54) is 11.3 Å². The van der Waals surface area contributed by atoms with Crippen LogP contribution in [0.2, 0.25) is 0 Å². The summed E-state index contributed by atoms with van der Waals surface area (Å²) in [4.78, 5) is 14.6. The molecule has 0 saturated heterocycles. The van der Waals surface area contributed by atoms with Gasteiger partial charge in [0.15, 0.2) is 6.29 Å². The van der Waals surface area contributed by atoms with E-state index in [4.69, 9.17) is 0 Å². The summed E-state index contributed by atoms with van der Waals surface area (Å²) in [5.74, 6) is 0. The van der Waals surface area contributed by atoms with Crippen LogP contribution >= 0.6 is 11.3 Å². The van der Waals surface area contributed by atoms with Gasteiger partial charge in [0.2, 0.25) is 0 Å². The number of nitrogens with zero attached hydrogens (tertiary/aromatic N) is 1. The Morgan fingerprint density at radius 3 is 2.93 bits per heavy atom. The highest BCUT2D eigenvalue weighted by Crippen LogP contribution is 2.19. The summed E-state index contributed by atoms with van der Waals surface area (Å²) < 4.78 is 0. The molecule has 2 nitrogen and oxygen atoms in total. The van der Waals surface area contributed by atoms with Gasteiger partial charge in [-0.2, -0.15) is 0 Å². The fourth-order valence-corrected chi connectivity index (χ4v) is 1.69. The molecule has 0 fully saturated rings. The lowest BCUT2D eigenvalue weighted by atomic mass is 10.2. The van der Waals surface area contributed by atoms with Crippen LogP contribution in [0.1, 0.15) is 22.4 Å². The molecule has 0 unspecified atom stereocenters. The number of rotatable bonds is 4. The van der Waals surface area contributed by atoms with Crippen molar-refractivity contribution < 1.29 is 4.79 Å². The smallest absolute Gasteiger partial charge is 0.169 e. The molecule has 1 heterocycles. The molecule has 0 radical (unpaired) electrons. The van der Waals surface area contributed by atoms with Crippen molar-refractivity contribution in [1.82, 2.24) is 4.98 Å². The number of aromatic nitrogens is 1. The minimum atomic E-state index is 0.471. The van der Waals surface area contributed by atoms with Crippen molar-refractivity contribution in [3.05, 3.63) is 47.0 Å². The van der Waals surface area contributed by atoms with Crippen LogP contribution < -0.4 is 0 Å². The van der Waals surface area contributed by atoms with Gasteiger partial charge in [0.05, 0.1) is 0 Å². The van der Waals surface area contributed by atoms with E-state index >= 15 is 0 Å². The van der Waals surface area contributed by atoms with Gasteiger partial charge < -0.3 is 0 Å². The maximum absolute atomic E-state index is 10.4. The molecule has 0 aromatic carbocycles. The summed E-state index contributed by atoms with van der Waals surface area (Å²) >= 11 is 1.44. The highest BCUT2D eigenvalue weighted by molar-refractivity contribution is 7.11. The number of hydrogen-bond acceptors (Lipinski definition) is 3. The van der Waals surface area contributed by atoms with Crippen LogP contribution in [0, 0.1) is 0 Å². The fraction of sp³-hybridized carbons (Fsp3) is 0.0909. The normalized spacial score (nSPS) is 11.9. The summed E-state index contributed by atoms with van der Waals surface area (Å²) in [6.45, 7) is 5.64. The Kier molecular flexibility index (Phi) is 4.01. The van der Waals surface area contributed by atoms with E-state index in [2.05, 4.69) is 11.6 Å². The van der Waals surface area contributed by atoms with Gasteiger partial charge in [-0.05, 0) is 6.92 Å². The van der Waals surface area contributed by atoms with Crippen LogP contribution in [-0.2, 0) is 0 Å². The highest BCUT2D eigenvalue weighted by Gasteiger charge is 2.02. The zero-order valence-electron chi connectivity index (χ0n) is 7.93. The first-order valence-electron chi connectivity index (χ1n) is 4.18. The Morgan fingerprint density at radius 2 is 2.43 bits per heavy atom. The molecular weight excluding hydrogens is 194 g/mol. The van der Waals surface area contributed by atoms with Crippen LogP contribution in [0.3, 0.4) is 0 Å². The van der Waals surface area contributed by atoms with Crippen molar-refractivity contribution in [2.45, 2.75) is 6.92 Å². The largest absolute Gasteiger partial charge is 0.296 e. The number of carbonyl (C=O) groups excluding carboxylic acids is 1. The van der Waals surface area contributed by atoms with Gasteiger partial charge in [0.25, 0.3) is 0 Å². The molecule has 1 aromatic rings. The van der Waals surface area contributed by atoms with Crippen molar-refractivity contribution in [3.8, 4) is 0 Å². The maximum Gasteiger partial charge on any atom is 0.169 e. The standard InChI is InChI=1S/C11H11NOS/c1-3-5-6-9(4-2)11-12-10(7-13)8-14-11/h3-8H,2H2,1H3/b5-3-,9-6+. The lowest BCUT2D eigenvalue weighted by Gasteiger charge is -1.92. The lowest BCUT2D eigenvalue weighted by molar-refractivity contribution is 0.111. The molecule has 0 atom stereocenters.